The molecule has 0 spiro atoms. The Morgan fingerprint density at radius 1 is 0.452 bits per heavy atom. The largest absolute Gasteiger partial charge is 0.0882 e. The van der Waals surface area contributed by atoms with Crippen LogP contribution in [0.1, 0.15) is 207 Å². The average molecular weight is 581 g/mol. The van der Waals surface area contributed by atoms with Crippen LogP contribution < -0.4 is 0 Å². The van der Waals surface area contributed by atoms with Crippen LogP contribution in [0.4, 0.5) is 0 Å². The van der Waals surface area contributed by atoms with E-state index in [1.54, 1.807) is 0 Å². The fourth-order valence-corrected chi connectivity index (χ4v) is 7.05. The average Bonchev–Trinajstić information content (AvgIpc) is 3.37. The maximum absolute atomic E-state index is 2.51. The van der Waals surface area contributed by atoms with E-state index in [0.29, 0.717) is 5.41 Å². The van der Waals surface area contributed by atoms with E-state index in [0.717, 1.165) is 18.8 Å². The van der Waals surface area contributed by atoms with Gasteiger partial charge in [-0.2, -0.15) is 0 Å². The lowest BCUT2D eigenvalue weighted by Crippen LogP contribution is -2.17. The molecule has 0 nitrogen and oxygen atoms in total. The summed E-state index contributed by atoms with van der Waals surface area (Å²) in [6.45, 7) is 7.07. The molecule has 42 heavy (non-hydrogen) atoms. The highest BCUT2D eigenvalue weighted by atomic mass is 14.4. The summed E-state index contributed by atoms with van der Waals surface area (Å²) in [6, 6.07) is 0. The Balaban J connectivity index is 1.99. The standard InChI is InChI=1S/C42H76/c1-4-6-8-10-12-14-16-18-20-22-24-26-28-30-32-34-37-42(39-36-41(3)40-42)38-35-33-31-29-27-25-23-21-19-17-15-13-11-9-7-5-2/h12-15,18-21,41H,4-11,16-17,22-40H2,1-3H3/b14-12-,15-13-,20-18-,21-19-. The number of rotatable bonds is 30. The molecule has 244 valence electrons. The predicted molar refractivity (Wildman–Crippen MR) is 193 cm³/mol. The van der Waals surface area contributed by atoms with Gasteiger partial charge in [0.15, 0.2) is 0 Å². The number of allylic oxidation sites excluding steroid dienone is 8. The Kier molecular flexibility index (Phi) is 27.9. The summed E-state index contributed by atoms with van der Waals surface area (Å²) in [7, 11) is 0. The topological polar surface area (TPSA) is 0 Å². The minimum absolute atomic E-state index is 0.712. The third-order valence-corrected chi connectivity index (χ3v) is 9.76. The molecule has 0 aromatic rings. The van der Waals surface area contributed by atoms with Gasteiger partial charge in [-0.25, -0.2) is 0 Å². The van der Waals surface area contributed by atoms with Crippen molar-refractivity contribution in [3.05, 3.63) is 48.6 Å². The first-order valence-corrected chi connectivity index (χ1v) is 19.3. The molecule has 0 heterocycles. The molecule has 1 fully saturated rings. The van der Waals surface area contributed by atoms with Crippen LogP contribution in [0.3, 0.4) is 0 Å². The van der Waals surface area contributed by atoms with Crippen LogP contribution in [0, 0.1) is 11.3 Å². The highest BCUT2D eigenvalue weighted by Gasteiger charge is 2.35. The van der Waals surface area contributed by atoms with Gasteiger partial charge in [0.05, 0.1) is 0 Å². The van der Waals surface area contributed by atoms with Crippen molar-refractivity contribution in [3.63, 3.8) is 0 Å². The Labute approximate surface area is 266 Å². The lowest BCUT2D eigenvalue weighted by atomic mass is 9.76. The van der Waals surface area contributed by atoms with E-state index in [2.05, 4.69) is 69.4 Å². The van der Waals surface area contributed by atoms with Crippen LogP contribution in [0.15, 0.2) is 48.6 Å². The van der Waals surface area contributed by atoms with E-state index in [1.165, 1.54) is 173 Å². The molecule has 1 rings (SSSR count). The van der Waals surface area contributed by atoms with E-state index >= 15 is 0 Å². The van der Waals surface area contributed by atoms with Gasteiger partial charge in [0.25, 0.3) is 0 Å². The zero-order valence-corrected chi connectivity index (χ0v) is 29.2. The molecule has 0 aromatic carbocycles. The van der Waals surface area contributed by atoms with E-state index < -0.39 is 0 Å². The molecule has 1 atom stereocenters. The maximum atomic E-state index is 2.51. The summed E-state index contributed by atoms with van der Waals surface area (Å²) in [6.07, 6.45) is 59.3. The van der Waals surface area contributed by atoms with Crippen LogP contribution in [-0.4, -0.2) is 0 Å². The van der Waals surface area contributed by atoms with Gasteiger partial charge in [0.1, 0.15) is 0 Å². The van der Waals surface area contributed by atoms with Crippen molar-refractivity contribution < 1.29 is 0 Å². The van der Waals surface area contributed by atoms with Crippen molar-refractivity contribution in [1.29, 1.82) is 0 Å². The molecule has 1 saturated carbocycles. The summed E-state index contributed by atoms with van der Waals surface area (Å²) < 4.78 is 0. The molecule has 0 bridgehead atoms. The molecule has 0 heteroatoms. The highest BCUT2D eigenvalue weighted by molar-refractivity contribution is 4.93. The highest BCUT2D eigenvalue weighted by Crippen LogP contribution is 2.49. The Morgan fingerprint density at radius 2 is 0.810 bits per heavy atom. The van der Waals surface area contributed by atoms with Gasteiger partial charge in [-0.15, -0.1) is 0 Å². The van der Waals surface area contributed by atoms with Crippen molar-refractivity contribution in [3.8, 4) is 0 Å². The van der Waals surface area contributed by atoms with Crippen LogP contribution in [0.2, 0.25) is 0 Å². The summed E-state index contributed by atoms with van der Waals surface area (Å²) in [5, 5.41) is 0. The molecule has 0 amide bonds. The zero-order valence-electron chi connectivity index (χ0n) is 29.2. The predicted octanol–water partition coefficient (Wildman–Crippen LogP) is 15.2. The fraction of sp³-hybridized carbons (Fsp3) is 0.810. The van der Waals surface area contributed by atoms with Crippen molar-refractivity contribution in [1.82, 2.24) is 0 Å². The molecule has 0 N–H and O–H groups in total. The summed E-state index contributed by atoms with van der Waals surface area (Å²) in [5.74, 6) is 0.971. The molecule has 1 unspecified atom stereocenters. The SMILES string of the molecule is CCCCC/C=C\C/C=C\CCCCCCCCC1(CCCCCCCC/C=C\C/C=C\CCCCC)CCC(C)C1. The smallest absolute Gasteiger partial charge is 0.0169 e. The van der Waals surface area contributed by atoms with Crippen molar-refractivity contribution in [2.45, 2.75) is 207 Å². The summed E-state index contributed by atoms with van der Waals surface area (Å²) in [4.78, 5) is 0. The lowest BCUT2D eigenvalue weighted by Gasteiger charge is -2.30. The zero-order chi connectivity index (χ0) is 30.2. The quantitative estimate of drug-likeness (QED) is 0.0585. The summed E-state index contributed by atoms with van der Waals surface area (Å²) >= 11 is 0. The van der Waals surface area contributed by atoms with Crippen LogP contribution in [-0.2, 0) is 0 Å². The van der Waals surface area contributed by atoms with Gasteiger partial charge in [0.2, 0.25) is 0 Å². The number of unbranched alkanes of at least 4 members (excludes halogenated alkanes) is 18. The van der Waals surface area contributed by atoms with Gasteiger partial charge >= 0.3 is 0 Å². The van der Waals surface area contributed by atoms with Gasteiger partial charge < -0.3 is 0 Å². The normalized spacial score (nSPS) is 17.3. The van der Waals surface area contributed by atoms with Gasteiger partial charge in [-0.1, -0.05) is 166 Å². The maximum Gasteiger partial charge on any atom is -0.0169 e. The van der Waals surface area contributed by atoms with Crippen LogP contribution >= 0.6 is 0 Å². The Hall–Kier alpha value is -1.04. The van der Waals surface area contributed by atoms with Crippen molar-refractivity contribution in [2.75, 3.05) is 0 Å². The van der Waals surface area contributed by atoms with E-state index in [4.69, 9.17) is 0 Å². The van der Waals surface area contributed by atoms with E-state index in [9.17, 15) is 0 Å². The van der Waals surface area contributed by atoms with Crippen LogP contribution in [0.25, 0.3) is 0 Å². The fourth-order valence-electron chi connectivity index (χ4n) is 7.05. The first-order chi connectivity index (χ1) is 20.7. The van der Waals surface area contributed by atoms with Crippen molar-refractivity contribution in [2.24, 2.45) is 11.3 Å². The van der Waals surface area contributed by atoms with Crippen molar-refractivity contribution >= 4 is 0 Å². The lowest BCUT2D eigenvalue weighted by molar-refractivity contribution is 0.222. The number of hydrogen-bond donors (Lipinski definition) is 0. The number of hydrogen-bond acceptors (Lipinski definition) is 0. The molecule has 0 aliphatic heterocycles. The Bertz CT molecular complexity index is 614. The molecular formula is C42H76. The first kappa shape index (κ1) is 39.0. The van der Waals surface area contributed by atoms with Gasteiger partial charge in [-0.05, 0) is 101 Å². The minimum Gasteiger partial charge on any atom is -0.0882 e. The second-order valence-corrected chi connectivity index (χ2v) is 14.0. The van der Waals surface area contributed by atoms with Gasteiger partial charge in [0, 0.05) is 0 Å². The third kappa shape index (κ3) is 24.4. The van der Waals surface area contributed by atoms with E-state index in [1.807, 2.05) is 0 Å². The summed E-state index contributed by atoms with van der Waals surface area (Å²) in [5.41, 5.74) is 0.712. The van der Waals surface area contributed by atoms with Gasteiger partial charge in [-0.3, -0.25) is 0 Å². The minimum atomic E-state index is 0.712. The molecular weight excluding hydrogens is 504 g/mol. The Morgan fingerprint density at radius 3 is 1.17 bits per heavy atom. The third-order valence-electron chi connectivity index (χ3n) is 9.76. The molecule has 1 aliphatic carbocycles. The molecule has 1 aliphatic rings. The monoisotopic (exact) mass is 581 g/mol. The second kappa shape index (κ2) is 30.0. The molecule has 0 aromatic heterocycles. The molecule has 0 radical (unpaired) electrons. The molecule has 0 saturated heterocycles. The van der Waals surface area contributed by atoms with Crippen LogP contribution in [0.5, 0.6) is 0 Å². The first-order valence-electron chi connectivity index (χ1n) is 19.3. The van der Waals surface area contributed by atoms with E-state index in [-0.39, 0.29) is 0 Å². The second-order valence-electron chi connectivity index (χ2n) is 14.0.